The van der Waals surface area contributed by atoms with E-state index >= 15 is 0 Å². The maximum atomic E-state index is 12.1. The van der Waals surface area contributed by atoms with Crippen LogP contribution in [-0.4, -0.2) is 436 Å². The van der Waals surface area contributed by atoms with Gasteiger partial charge in [-0.15, -0.1) is 0 Å². The van der Waals surface area contributed by atoms with Gasteiger partial charge in [-0.05, 0) is 6.92 Å². The van der Waals surface area contributed by atoms with Crippen LogP contribution in [0.25, 0.3) is 0 Å². The van der Waals surface area contributed by atoms with Crippen LogP contribution in [0.2, 0.25) is 0 Å². The maximum absolute atomic E-state index is 12.1. The molecule has 43 heteroatoms. The van der Waals surface area contributed by atoms with Crippen molar-refractivity contribution in [1.29, 1.82) is 0 Å². The van der Waals surface area contributed by atoms with Gasteiger partial charge < -0.3 is 202 Å². The zero-order valence-corrected chi connectivity index (χ0v) is 50.6. The van der Waals surface area contributed by atoms with E-state index in [0.29, 0.717) is 0 Å². The quantitative estimate of drug-likeness (QED) is 0.0214. The van der Waals surface area contributed by atoms with E-state index in [0.717, 1.165) is 0 Å². The zero-order chi connectivity index (χ0) is 70.7. The highest BCUT2D eigenvalue weighted by molar-refractivity contribution is 5.59. The van der Waals surface area contributed by atoms with Gasteiger partial charge in [-0.3, -0.25) is 9.59 Å². The normalized spacial score (nSPS) is 46.9. The minimum atomic E-state index is -2.51. The molecule has 0 spiro atoms. The number of carbonyl (C=O) groups excluding carboxylic acids is 4. The Morgan fingerprint density at radius 2 is 0.542 bits per heavy atom. The molecule has 7 saturated heterocycles. The molecule has 7 aliphatic rings. The van der Waals surface area contributed by atoms with E-state index in [2.05, 4.69) is 0 Å². The van der Waals surface area contributed by atoms with Crippen molar-refractivity contribution >= 4 is 25.1 Å². The fourth-order valence-electron chi connectivity index (χ4n) is 11.4. The Bertz CT molecular complexity index is 2340. The van der Waals surface area contributed by atoms with Crippen molar-refractivity contribution in [3.8, 4) is 0 Å². The smallest absolute Gasteiger partial charge is 0.215 e. The van der Waals surface area contributed by atoms with Gasteiger partial charge in [0.15, 0.2) is 62.9 Å². The third-order valence-corrected chi connectivity index (χ3v) is 16.8. The van der Waals surface area contributed by atoms with E-state index < -0.39 is 299 Å². The fraction of sp³-hybridized carbons (Fsp3) is 0.925. The van der Waals surface area contributed by atoms with Gasteiger partial charge in [-0.2, -0.15) is 0 Å². The van der Waals surface area contributed by atoms with Crippen LogP contribution >= 0.6 is 0 Å². The summed E-state index contributed by atoms with van der Waals surface area (Å²) >= 11 is 0. The number of aliphatic hydroxyl groups excluding tert-OH is 22. The second kappa shape index (κ2) is 36.8. The van der Waals surface area contributed by atoms with E-state index in [4.69, 9.17) is 80.5 Å². The van der Waals surface area contributed by atoms with E-state index in [-0.39, 0.29) is 25.1 Å². The molecule has 43 nitrogen and oxygen atoms in total. The molecular weight excluding hydrogens is 1320 g/mol. The first kappa shape index (κ1) is 80.4. The lowest BCUT2D eigenvalue weighted by atomic mass is 9.94. The number of carbonyl (C=O) groups is 4. The highest BCUT2D eigenvalue weighted by Gasteiger charge is 2.59. The summed E-state index contributed by atoms with van der Waals surface area (Å²) in [7, 11) is 0. The van der Waals surface area contributed by atoms with Crippen LogP contribution in [0.1, 0.15) is 6.92 Å². The minimum absolute atomic E-state index is 0.0371. The number of hydrogen-bond acceptors (Lipinski definition) is 43. The number of aliphatic hydroxyl groups is 22. The average molecular weight is 1410 g/mol. The molecule has 556 valence electrons. The summed E-state index contributed by atoms with van der Waals surface area (Å²) < 4.78 is 95.1. The van der Waals surface area contributed by atoms with Crippen LogP contribution in [-0.2, 0) is 99.7 Å². The standard InChI is InChI=1S/C53H86O43/c1-15-27(66)41(28(67)18(6-58)81-15)92-51-38(77)45(32(71)22(10-62)87-51)94-52-39(78)46(33(72)23(11-63)88-52)95-53-40(79)47(96-50-37(76)43(30(69)21(9-61)86-50)91-26(13-65)83-17(4-56)5-57)34(73)24(89-53)14-80-48-35(74)44(31(70)19(7-59)84-48)93-49-36(75)42(29(68)20(8-60)85-49)90-25(12-64)82-16(2-54)3-55/h2,4,12-13,15-53,55,57-63,66-79H,3,5-11,14H2,1H3/t15?,16?,17?,18?,19?,20?,21?,22?,23?,24?,25?,26?,27-,28?,29?,30?,31?,32?,33?,34?,35?,36?,37?,38+,39?,40?,41?,42?,43?,44?,45?,46?,47?,48?,49?,50?,51?,52?,53?/m1/s1. The first-order valence-corrected chi connectivity index (χ1v) is 30.1. The van der Waals surface area contributed by atoms with Gasteiger partial charge in [0.2, 0.25) is 12.6 Å². The van der Waals surface area contributed by atoms with Crippen molar-refractivity contribution in [2.45, 2.75) is 246 Å². The van der Waals surface area contributed by atoms with Crippen LogP contribution in [0.3, 0.4) is 0 Å². The fourth-order valence-corrected chi connectivity index (χ4v) is 11.4. The van der Waals surface area contributed by atoms with Gasteiger partial charge in [-0.1, -0.05) is 0 Å². The summed E-state index contributed by atoms with van der Waals surface area (Å²) in [6, 6.07) is 0. The second-order valence-corrected chi connectivity index (χ2v) is 23.1. The van der Waals surface area contributed by atoms with Gasteiger partial charge in [-0.25, -0.2) is 0 Å². The second-order valence-electron chi connectivity index (χ2n) is 23.1. The predicted molar refractivity (Wildman–Crippen MR) is 289 cm³/mol. The van der Waals surface area contributed by atoms with Gasteiger partial charge in [0, 0.05) is 0 Å². The third-order valence-electron chi connectivity index (χ3n) is 16.8. The van der Waals surface area contributed by atoms with Gasteiger partial charge in [0.25, 0.3) is 0 Å². The average Bonchev–Trinajstić information content (AvgIpc) is 0.809. The molecule has 7 rings (SSSR count). The van der Waals surface area contributed by atoms with Gasteiger partial charge >= 0.3 is 0 Å². The monoisotopic (exact) mass is 1410 g/mol. The summed E-state index contributed by atoms with van der Waals surface area (Å²) in [6.45, 7) is -8.00. The Kier molecular flexibility index (Phi) is 30.9. The van der Waals surface area contributed by atoms with Crippen molar-refractivity contribution in [3.63, 3.8) is 0 Å². The van der Waals surface area contributed by atoms with Crippen LogP contribution in [0, 0.1) is 0 Å². The summed E-state index contributed by atoms with van der Waals surface area (Å²) in [4.78, 5) is 46.7. The summed E-state index contributed by atoms with van der Waals surface area (Å²) in [6.07, 6.45) is -79.6. The first-order valence-electron chi connectivity index (χ1n) is 30.1. The van der Waals surface area contributed by atoms with Crippen LogP contribution in [0.15, 0.2) is 0 Å². The molecule has 96 heavy (non-hydrogen) atoms. The molecule has 22 N–H and O–H groups in total. The molecule has 0 aromatic heterocycles. The Hall–Kier alpha value is -2.88. The highest BCUT2D eigenvalue weighted by Crippen LogP contribution is 2.38. The van der Waals surface area contributed by atoms with E-state index in [9.17, 15) is 132 Å². The number of hydrogen-bond donors (Lipinski definition) is 22. The zero-order valence-electron chi connectivity index (χ0n) is 50.6. The Morgan fingerprint density at radius 3 is 0.823 bits per heavy atom. The van der Waals surface area contributed by atoms with Crippen molar-refractivity contribution in [1.82, 2.24) is 0 Å². The van der Waals surface area contributed by atoms with Crippen molar-refractivity contribution in [3.05, 3.63) is 0 Å². The van der Waals surface area contributed by atoms with Crippen LogP contribution in [0.5, 0.6) is 0 Å². The van der Waals surface area contributed by atoms with Crippen molar-refractivity contribution < 1.29 is 212 Å². The molecule has 7 heterocycles. The molecule has 0 aliphatic carbocycles. The molecule has 37 unspecified atom stereocenters. The molecule has 0 amide bonds. The molecule has 7 aliphatic heterocycles. The lowest BCUT2D eigenvalue weighted by molar-refractivity contribution is -0.398. The lowest BCUT2D eigenvalue weighted by Crippen LogP contribution is -2.68. The van der Waals surface area contributed by atoms with E-state index in [1.165, 1.54) is 6.92 Å². The highest BCUT2D eigenvalue weighted by atomic mass is 16.8. The Balaban J connectivity index is 1.17. The predicted octanol–water partition coefficient (Wildman–Crippen LogP) is -17.0. The summed E-state index contributed by atoms with van der Waals surface area (Å²) in [5, 5.41) is 241. The molecule has 0 aromatic rings. The number of ether oxygens (including phenoxy) is 17. The van der Waals surface area contributed by atoms with Crippen molar-refractivity contribution in [2.75, 3.05) is 59.5 Å². The van der Waals surface area contributed by atoms with Crippen LogP contribution < -0.4 is 0 Å². The SMILES string of the molecule is CC1OC(CO)C(O)C(OC2OC(CO)C(O)C(OC3OC(CO)C(O)C(OC4OC(COC5OC(CO)C(O)C(OC6OC(CO)C(O)C(OC(C=O)OC(C=O)CO)C6O)C5O)C(O)C(OC5OC(CO)C(O)C(OC(C=O)OC(C=O)CO)C5O)C4O)C3O)[C@@H]2O)[C@@H]1O. The number of aldehydes is 4. The van der Waals surface area contributed by atoms with Gasteiger partial charge in [0.1, 0.15) is 183 Å². The molecular formula is C53H86O43. The van der Waals surface area contributed by atoms with Crippen molar-refractivity contribution in [2.24, 2.45) is 0 Å². The topological polar surface area (TPSA) is 670 Å². The molecule has 7 fully saturated rings. The molecule has 0 bridgehead atoms. The van der Waals surface area contributed by atoms with Crippen LogP contribution in [0.4, 0.5) is 0 Å². The first-order chi connectivity index (χ1) is 45.8. The van der Waals surface area contributed by atoms with Gasteiger partial charge in [0.05, 0.1) is 65.6 Å². The molecule has 0 saturated carbocycles. The maximum Gasteiger partial charge on any atom is 0.215 e. The van der Waals surface area contributed by atoms with E-state index in [1.54, 1.807) is 0 Å². The largest absolute Gasteiger partial charge is 0.394 e. The Labute approximate surface area is 542 Å². The lowest BCUT2D eigenvalue weighted by Gasteiger charge is -2.50. The third kappa shape index (κ3) is 18.1. The minimum Gasteiger partial charge on any atom is -0.394 e. The molecule has 0 radical (unpaired) electrons. The number of rotatable bonds is 33. The molecule has 39 atom stereocenters. The summed E-state index contributed by atoms with van der Waals surface area (Å²) in [5.74, 6) is 0. The van der Waals surface area contributed by atoms with E-state index in [1.807, 2.05) is 0 Å². The Morgan fingerprint density at radius 1 is 0.302 bits per heavy atom. The summed E-state index contributed by atoms with van der Waals surface area (Å²) in [5.41, 5.74) is 0. The molecule has 0 aromatic carbocycles.